The van der Waals surface area contributed by atoms with Gasteiger partial charge >= 0.3 is 6.18 Å². The number of nitrogens with zero attached hydrogens (tertiary/aromatic N) is 5. The SMILES string of the molecule is CCN(CC)C(=O)[C@@H]1CCCN(C2CCN(C(=O)c3cc(-c4ccncc4)nc4cc(C(F)(F)F)ccc34)CC2)C1. The minimum Gasteiger partial charge on any atom is -0.343 e. The molecular formula is C31H36F3N5O2. The van der Waals surface area contributed by atoms with E-state index < -0.39 is 11.7 Å². The van der Waals surface area contributed by atoms with Gasteiger partial charge < -0.3 is 9.80 Å². The van der Waals surface area contributed by atoms with E-state index in [-0.39, 0.29) is 23.2 Å². The quantitative estimate of drug-likeness (QED) is 0.394. The van der Waals surface area contributed by atoms with Crippen molar-refractivity contribution in [1.82, 2.24) is 24.7 Å². The first-order valence-electron chi connectivity index (χ1n) is 14.4. The standard InChI is InChI=1S/C31H36F3N5O2/c1-3-37(4-2)29(40)22-6-5-15-39(20-22)24-11-16-38(17-12-24)30(41)26-19-27(21-9-13-35-14-10-21)36-28-18-23(31(32,33)34)7-8-25(26)28/h7-10,13-14,18-19,22,24H,3-6,11-12,15-17,20H2,1-2H3/t22-/m1/s1. The lowest BCUT2D eigenvalue weighted by atomic mass is 9.92. The third kappa shape index (κ3) is 6.22. The first-order valence-corrected chi connectivity index (χ1v) is 14.4. The number of pyridine rings is 2. The fraction of sp³-hybridized carbons (Fsp3) is 0.484. The molecule has 0 N–H and O–H groups in total. The number of alkyl halides is 3. The number of aromatic nitrogens is 2. The van der Waals surface area contributed by atoms with Crippen molar-refractivity contribution in [2.75, 3.05) is 39.3 Å². The van der Waals surface area contributed by atoms with Gasteiger partial charge in [0.2, 0.25) is 5.91 Å². The van der Waals surface area contributed by atoms with Gasteiger partial charge in [-0.3, -0.25) is 19.5 Å². The van der Waals surface area contributed by atoms with Crippen LogP contribution >= 0.6 is 0 Å². The van der Waals surface area contributed by atoms with Crippen molar-refractivity contribution < 1.29 is 22.8 Å². The van der Waals surface area contributed by atoms with E-state index in [1.807, 2.05) is 18.7 Å². The number of piperidine rings is 2. The van der Waals surface area contributed by atoms with Crippen LogP contribution in [0.1, 0.15) is 55.5 Å². The summed E-state index contributed by atoms with van der Waals surface area (Å²) in [5, 5.41) is 0.400. The van der Waals surface area contributed by atoms with Crippen LogP contribution in [0, 0.1) is 5.92 Å². The molecule has 0 unspecified atom stereocenters. The van der Waals surface area contributed by atoms with Crippen LogP contribution in [0.3, 0.4) is 0 Å². The van der Waals surface area contributed by atoms with E-state index in [9.17, 15) is 22.8 Å². The molecule has 0 saturated carbocycles. The zero-order chi connectivity index (χ0) is 29.1. The van der Waals surface area contributed by atoms with Crippen molar-refractivity contribution in [3.05, 3.63) is 59.9 Å². The fourth-order valence-electron chi connectivity index (χ4n) is 6.19. The van der Waals surface area contributed by atoms with Gasteiger partial charge in [-0.25, -0.2) is 4.98 Å². The molecule has 218 valence electrons. The maximum atomic E-state index is 13.8. The molecule has 0 bridgehead atoms. The van der Waals surface area contributed by atoms with E-state index in [4.69, 9.17) is 0 Å². The Morgan fingerprint density at radius 1 is 0.976 bits per heavy atom. The number of hydrogen-bond acceptors (Lipinski definition) is 5. The Morgan fingerprint density at radius 3 is 2.34 bits per heavy atom. The number of benzene rings is 1. The predicted molar refractivity (Wildman–Crippen MR) is 151 cm³/mol. The second kappa shape index (κ2) is 12.1. The molecule has 4 heterocycles. The predicted octanol–water partition coefficient (Wildman–Crippen LogP) is 5.50. The monoisotopic (exact) mass is 567 g/mol. The van der Waals surface area contributed by atoms with Gasteiger partial charge in [-0.05, 0) is 76.4 Å². The van der Waals surface area contributed by atoms with Crippen molar-refractivity contribution >= 4 is 22.7 Å². The summed E-state index contributed by atoms with van der Waals surface area (Å²) in [7, 11) is 0. The molecule has 1 atom stereocenters. The molecule has 2 amide bonds. The smallest absolute Gasteiger partial charge is 0.343 e. The van der Waals surface area contributed by atoms with E-state index in [0.717, 1.165) is 64.0 Å². The highest BCUT2D eigenvalue weighted by atomic mass is 19.4. The molecule has 41 heavy (non-hydrogen) atoms. The number of rotatable bonds is 6. The maximum Gasteiger partial charge on any atom is 0.416 e. The lowest BCUT2D eigenvalue weighted by molar-refractivity contribution is -0.138. The number of hydrogen-bond donors (Lipinski definition) is 0. The molecule has 0 spiro atoms. The topological polar surface area (TPSA) is 69.6 Å². The van der Waals surface area contributed by atoms with Crippen molar-refractivity contribution in [2.24, 2.45) is 5.92 Å². The van der Waals surface area contributed by atoms with E-state index in [1.165, 1.54) is 6.07 Å². The van der Waals surface area contributed by atoms with Gasteiger partial charge in [0.25, 0.3) is 5.91 Å². The zero-order valence-electron chi connectivity index (χ0n) is 23.5. The van der Waals surface area contributed by atoms with Gasteiger partial charge in [0, 0.05) is 62.1 Å². The van der Waals surface area contributed by atoms with Crippen LogP contribution < -0.4 is 0 Å². The summed E-state index contributed by atoms with van der Waals surface area (Å²) in [5.41, 5.74) is 0.769. The van der Waals surface area contributed by atoms with Gasteiger partial charge in [0.15, 0.2) is 0 Å². The lowest BCUT2D eigenvalue weighted by Crippen LogP contribution is -2.52. The average molecular weight is 568 g/mol. The molecule has 2 aliphatic heterocycles. The Bertz CT molecular complexity index is 1390. The van der Waals surface area contributed by atoms with E-state index >= 15 is 0 Å². The number of carbonyl (C=O) groups excluding carboxylic acids is 2. The van der Waals surface area contributed by atoms with Crippen molar-refractivity contribution in [2.45, 2.75) is 51.7 Å². The summed E-state index contributed by atoms with van der Waals surface area (Å²) in [6.07, 6.45) is 2.12. The highest BCUT2D eigenvalue weighted by molar-refractivity contribution is 6.07. The number of carbonyl (C=O) groups is 2. The Morgan fingerprint density at radius 2 is 1.68 bits per heavy atom. The summed E-state index contributed by atoms with van der Waals surface area (Å²) in [6.45, 7) is 8.25. The molecule has 2 fully saturated rings. The van der Waals surface area contributed by atoms with Crippen LogP contribution in [0.15, 0.2) is 48.8 Å². The van der Waals surface area contributed by atoms with Gasteiger partial charge in [-0.1, -0.05) is 6.07 Å². The van der Waals surface area contributed by atoms with E-state index in [2.05, 4.69) is 14.9 Å². The molecule has 2 aromatic heterocycles. The van der Waals surface area contributed by atoms with Crippen LogP contribution in [0.2, 0.25) is 0 Å². The molecular weight excluding hydrogens is 531 g/mol. The molecule has 2 aliphatic rings. The van der Waals surface area contributed by atoms with Gasteiger partial charge in [0.1, 0.15) is 0 Å². The van der Waals surface area contributed by atoms with Crippen LogP contribution in [-0.2, 0) is 11.0 Å². The van der Waals surface area contributed by atoms with Crippen LogP contribution in [0.5, 0.6) is 0 Å². The van der Waals surface area contributed by atoms with E-state index in [0.29, 0.717) is 41.3 Å². The summed E-state index contributed by atoms with van der Waals surface area (Å²) < 4.78 is 40.5. The number of amides is 2. The van der Waals surface area contributed by atoms with Crippen LogP contribution in [0.25, 0.3) is 22.2 Å². The molecule has 7 nitrogen and oxygen atoms in total. The maximum absolute atomic E-state index is 13.8. The Labute approximate surface area is 238 Å². The molecule has 2 saturated heterocycles. The number of halogens is 3. The zero-order valence-corrected chi connectivity index (χ0v) is 23.5. The first kappa shape index (κ1) is 29.0. The lowest BCUT2D eigenvalue weighted by Gasteiger charge is -2.42. The molecule has 0 aliphatic carbocycles. The largest absolute Gasteiger partial charge is 0.416 e. The number of likely N-dealkylation sites (tertiary alicyclic amines) is 2. The summed E-state index contributed by atoms with van der Waals surface area (Å²) in [4.78, 5) is 41.4. The average Bonchev–Trinajstić information content (AvgIpc) is 3.00. The highest BCUT2D eigenvalue weighted by Crippen LogP contribution is 2.34. The van der Waals surface area contributed by atoms with Crippen molar-refractivity contribution in [3.8, 4) is 11.3 Å². The van der Waals surface area contributed by atoms with Gasteiger partial charge in [0.05, 0.1) is 28.3 Å². The molecule has 10 heteroatoms. The van der Waals surface area contributed by atoms with Crippen molar-refractivity contribution in [1.29, 1.82) is 0 Å². The summed E-state index contributed by atoms with van der Waals surface area (Å²) >= 11 is 0. The second-order valence-electron chi connectivity index (χ2n) is 10.9. The highest BCUT2D eigenvalue weighted by Gasteiger charge is 2.35. The minimum absolute atomic E-state index is 0.0136. The third-order valence-electron chi connectivity index (χ3n) is 8.49. The van der Waals surface area contributed by atoms with Crippen LogP contribution in [0.4, 0.5) is 13.2 Å². The van der Waals surface area contributed by atoms with Crippen molar-refractivity contribution in [3.63, 3.8) is 0 Å². The number of fused-ring (bicyclic) bond motifs is 1. The Kier molecular flexibility index (Phi) is 8.58. The van der Waals surface area contributed by atoms with Gasteiger partial charge in [-0.15, -0.1) is 0 Å². The summed E-state index contributed by atoms with van der Waals surface area (Å²) in [5.74, 6) is 0.0365. The fourth-order valence-corrected chi connectivity index (χ4v) is 6.19. The normalized spacial score (nSPS) is 19.0. The molecule has 1 aromatic carbocycles. The summed E-state index contributed by atoms with van der Waals surface area (Å²) in [6, 6.07) is 8.77. The van der Waals surface area contributed by atoms with E-state index in [1.54, 1.807) is 35.5 Å². The Hall–Kier alpha value is -3.53. The third-order valence-corrected chi connectivity index (χ3v) is 8.49. The first-order chi connectivity index (χ1) is 19.7. The minimum atomic E-state index is -4.52. The molecule has 0 radical (unpaired) electrons. The molecule has 3 aromatic rings. The second-order valence-corrected chi connectivity index (χ2v) is 10.9. The Balaban J connectivity index is 1.35. The molecule has 5 rings (SSSR count). The van der Waals surface area contributed by atoms with Gasteiger partial charge in [-0.2, -0.15) is 13.2 Å². The van der Waals surface area contributed by atoms with Crippen LogP contribution in [-0.4, -0.2) is 81.8 Å².